The largest absolute Gasteiger partial charge is 0.334 e. The van der Waals surface area contributed by atoms with Gasteiger partial charge in [0, 0.05) is 33.2 Å². The number of nitrogens with zero attached hydrogens (tertiary/aromatic N) is 2. The second kappa shape index (κ2) is 9.87. The van der Waals surface area contributed by atoms with Crippen LogP contribution in [0.5, 0.6) is 0 Å². The highest BCUT2D eigenvalue weighted by Crippen LogP contribution is 2.39. The molecule has 0 amide bonds. The van der Waals surface area contributed by atoms with Crippen LogP contribution in [0, 0.1) is 0 Å². The zero-order chi connectivity index (χ0) is 25.3. The summed E-state index contributed by atoms with van der Waals surface area (Å²) in [5.41, 5.74) is 7.82. The van der Waals surface area contributed by atoms with Gasteiger partial charge in [0.1, 0.15) is 0 Å². The van der Waals surface area contributed by atoms with Crippen LogP contribution in [0.1, 0.15) is 37.3 Å². The zero-order valence-electron chi connectivity index (χ0n) is 21.6. The van der Waals surface area contributed by atoms with E-state index in [0.717, 1.165) is 25.7 Å². The van der Waals surface area contributed by atoms with Crippen LogP contribution in [0.2, 0.25) is 0 Å². The Labute approximate surface area is 224 Å². The molecule has 0 spiro atoms. The van der Waals surface area contributed by atoms with Crippen molar-refractivity contribution in [3.8, 4) is 0 Å². The van der Waals surface area contributed by atoms with Crippen LogP contribution < -0.4 is 4.90 Å². The maximum Gasteiger partial charge on any atom is 0.0560 e. The second-order valence-corrected chi connectivity index (χ2v) is 10.4. The molecule has 3 aliphatic carbocycles. The molecule has 38 heavy (non-hydrogen) atoms. The van der Waals surface area contributed by atoms with Crippen LogP contribution in [-0.2, 0) is 0 Å². The summed E-state index contributed by atoms with van der Waals surface area (Å²) in [6.45, 7) is 0. The topological polar surface area (TPSA) is 8.17 Å². The minimum atomic E-state index is 0.271. The van der Waals surface area contributed by atoms with E-state index in [9.17, 15) is 0 Å². The van der Waals surface area contributed by atoms with Crippen molar-refractivity contribution >= 4 is 38.8 Å². The molecule has 1 aromatic heterocycles. The molecule has 186 valence electrons. The number of aromatic nitrogens is 1. The molecule has 1 heterocycles. The van der Waals surface area contributed by atoms with Crippen molar-refractivity contribution in [2.75, 3.05) is 4.90 Å². The molecule has 2 heteroatoms. The average molecular weight is 493 g/mol. The standard InChI is InChI=1S/C36H32N2/c1-4-13-27(14-5-1)28-15-12-20-31(25-28)37(29-16-6-2-7-17-29)32-23-24-36-34(26-32)33-21-10-11-22-35(33)38(36)30-18-8-3-9-19-30/h1-4,6-13,15-16,18,20-26,29-30H,5,14,17,19H2. The lowest BCUT2D eigenvalue weighted by molar-refractivity contribution is 0.648. The lowest BCUT2D eigenvalue weighted by atomic mass is 9.96. The third-order valence-corrected chi connectivity index (χ3v) is 8.06. The molecule has 0 fully saturated rings. The van der Waals surface area contributed by atoms with E-state index in [2.05, 4.69) is 143 Å². The SMILES string of the molecule is C1=CCCC(c2cccc(N(c3ccc4c(c3)c3ccccc3n4C3C=CC=CC3)C3C=CC=CC3)c2)=C1. The Kier molecular flexibility index (Phi) is 5.94. The molecule has 0 aliphatic heterocycles. The first-order valence-electron chi connectivity index (χ1n) is 13.8. The number of hydrogen-bond acceptors (Lipinski definition) is 1. The fourth-order valence-corrected chi connectivity index (χ4v) is 6.25. The van der Waals surface area contributed by atoms with Crippen molar-refractivity contribution in [2.45, 2.75) is 37.8 Å². The Bertz CT molecular complexity index is 1690. The molecule has 0 saturated heterocycles. The summed E-state index contributed by atoms with van der Waals surface area (Å²) < 4.78 is 2.52. The summed E-state index contributed by atoms with van der Waals surface area (Å²) in [5.74, 6) is 0. The van der Waals surface area contributed by atoms with Gasteiger partial charge in [-0.1, -0.05) is 97.2 Å². The zero-order valence-corrected chi connectivity index (χ0v) is 21.6. The van der Waals surface area contributed by atoms with Gasteiger partial charge in [0.2, 0.25) is 0 Å². The van der Waals surface area contributed by atoms with Crippen LogP contribution in [0.3, 0.4) is 0 Å². The first-order chi connectivity index (χ1) is 18.9. The Hall–Kier alpha value is -4.30. The summed E-state index contributed by atoms with van der Waals surface area (Å²) in [7, 11) is 0. The quantitative estimate of drug-likeness (QED) is 0.269. The lowest BCUT2D eigenvalue weighted by Gasteiger charge is -2.33. The van der Waals surface area contributed by atoms with E-state index < -0.39 is 0 Å². The molecule has 2 unspecified atom stereocenters. The minimum Gasteiger partial charge on any atom is -0.334 e. The number of hydrogen-bond donors (Lipinski definition) is 0. The fourth-order valence-electron chi connectivity index (χ4n) is 6.25. The molecule has 0 radical (unpaired) electrons. The molecule has 7 rings (SSSR count). The van der Waals surface area contributed by atoms with Crippen LogP contribution in [0.15, 0.2) is 134 Å². The maximum absolute atomic E-state index is 2.53. The van der Waals surface area contributed by atoms with Crippen molar-refractivity contribution in [1.29, 1.82) is 0 Å². The number of benzene rings is 3. The highest BCUT2D eigenvalue weighted by molar-refractivity contribution is 6.09. The first-order valence-corrected chi connectivity index (χ1v) is 13.8. The van der Waals surface area contributed by atoms with Crippen molar-refractivity contribution < 1.29 is 0 Å². The molecule has 3 aliphatic rings. The number of para-hydroxylation sites is 1. The Morgan fingerprint density at radius 1 is 0.658 bits per heavy atom. The minimum absolute atomic E-state index is 0.271. The van der Waals surface area contributed by atoms with Gasteiger partial charge in [-0.05, 0) is 73.2 Å². The molecule has 0 saturated carbocycles. The Morgan fingerprint density at radius 3 is 2.32 bits per heavy atom. The molecule has 2 atom stereocenters. The van der Waals surface area contributed by atoms with E-state index >= 15 is 0 Å². The van der Waals surface area contributed by atoms with E-state index in [-0.39, 0.29) is 6.04 Å². The first kappa shape index (κ1) is 22.9. The van der Waals surface area contributed by atoms with E-state index in [4.69, 9.17) is 0 Å². The second-order valence-electron chi connectivity index (χ2n) is 10.4. The number of rotatable bonds is 5. The monoisotopic (exact) mass is 492 g/mol. The summed E-state index contributed by atoms with van der Waals surface area (Å²) in [6.07, 6.45) is 28.8. The number of anilines is 2. The summed E-state index contributed by atoms with van der Waals surface area (Å²) >= 11 is 0. The third-order valence-electron chi connectivity index (χ3n) is 8.06. The van der Waals surface area contributed by atoms with Crippen molar-refractivity contribution in [3.05, 3.63) is 139 Å². The van der Waals surface area contributed by atoms with Gasteiger partial charge in [0.15, 0.2) is 0 Å². The highest BCUT2D eigenvalue weighted by Gasteiger charge is 2.22. The summed E-state index contributed by atoms with van der Waals surface area (Å²) in [6, 6.07) is 25.7. The highest BCUT2D eigenvalue weighted by atomic mass is 15.2. The Morgan fingerprint density at radius 2 is 1.50 bits per heavy atom. The summed E-state index contributed by atoms with van der Waals surface area (Å²) in [4.78, 5) is 2.53. The van der Waals surface area contributed by atoms with Crippen molar-refractivity contribution in [1.82, 2.24) is 4.57 Å². The van der Waals surface area contributed by atoms with E-state index in [1.807, 2.05) is 0 Å². The Balaban J connectivity index is 1.39. The van der Waals surface area contributed by atoms with Gasteiger partial charge in [-0.3, -0.25) is 0 Å². The molecule has 2 nitrogen and oxygen atoms in total. The van der Waals surface area contributed by atoms with Crippen LogP contribution in [-0.4, -0.2) is 10.6 Å². The van der Waals surface area contributed by atoms with Crippen molar-refractivity contribution in [2.24, 2.45) is 0 Å². The van der Waals surface area contributed by atoms with E-state index in [1.165, 1.54) is 44.3 Å². The van der Waals surface area contributed by atoms with Crippen LogP contribution >= 0.6 is 0 Å². The molecule has 3 aromatic carbocycles. The van der Waals surface area contributed by atoms with Crippen LogP contribution in [0.25, 0.3) is 27.4 Å². The van der Waals surface area contributed by atoms with Gasteiger partial charge in [0.05, 0.1) is 12.1 Å². The third kappa shape index (κ3) is 4.07. The lowest BCUT2D eigenvalue weighted by Crippen LogP contribution is -2.29. The number of fused-ring (bicyclic) bond motifs is 3. The van der Waals surface area contributed by atoms with Gasteiger partial charge in [0.25, 0.3) is 0 Å². The van der Waals surface area contributed by atoms with Gasteiger partial charge >= 0.3 is 0 Å². The molecule has 0 N–H and O–H groups in total. The predicted molar refractivity (Wildman–Crippen MR) is 163 cm³/mol. The van der Waals surface area contributed by atoms with Crippen LogP contribution in [0.4, 0.5) is 11.4 Å². The smallest absolute Gasteiger partial charge is 0.0560 e. The fraction of sp³-hybridized carbons (Fsp3) is 0.167. The predicted octanol–water partition coefficient (Wildman–Crippen LogP) is 9.61. The van der Waals surface area contributed by atoms with E-state index in [1.54, 1.807) is 0 Å². The molecule has 0 bridgehead atoms. The van der Waals surface area contributed by atoms with E-state index in [0.29, 0.717) is 6.04 Å². The van der Waals surface area contributed by atoms with Gasteiger partial charge in [-0.25, -0.2) is 0 Å². The molecular weight excluding hydrogens is 460 g/mol. The normalized spacial score (nSPS) is 20.4. The van der Waals surface area contributed by atoms with Gasteiger partial charge in [-0.2, -0.15) is 0 Å². The van der Waals surface area contributed by atoms with Crippen molar-refractivity contribution in [3.63, 3.8) is 0 Å². The maximum atomic E-state index is 2.53. The summed E-state index contributed by atoms with van der Waals surface area (Å²) in [5, 5.41) is 2.64. The molecular formula is C36H32N2. The van der Waals surface area contributed by atoms with Gasteiger partial charge < -0.3 is 9.47 Å². The average Bonchev–Trinajstić information content (AvgIpc) is 3.33. The molecule has 4 aromatic rings. The van der Waals surface area contributed by atoms with Gasteiger partial charge in [-0.15, -0.1) is 0 Å². The number of allylic oxidation sites excluding steroid dienone is 10.